The van der Waals surface area contributed by atoms with Gasteiger partial charge in [0.1, 0.15) is 17.6 Å². The smallest absolute Gasteiger partial charge is 0.130 e. The molecule has 1 aliphatic rings. The van der Waals surface area contributed by atoms with Crippen LogP contribution in [0.4, 0.5) is 5.69 Å². The Kier molecular flexibility index (Phi) is 10.5. The van der Waals surface area contributed by atoms with E-state index < -0.39 is 0 Å². The van der Waals surface area contributed by atoms with Crippen LogP contribution in [0, 0.1) is 5.92 Å². The van der Waals surface area contributed by atoms with Crippen LogP contribution in [-0.4, -0.2) is 39.1 Å². The number of ether oxygens (including phenoxy) is 1. The van der Waals surface area contributed by atoms with E-state index in [2.05, 4.69) is 75.4 Å². The predicted molar refractivity (Wildman–Crippen MR) is 136 cm³/mol. The Labute approximate surface area is 194 Å². The van der Waals surface area contributed by atoms with Gasteiger partial charge in [0, 0.05) is 39.0 Å². The first-order chi connectivity index (χ1) is 15.3. The lowest BCUT2D eigenvalue weighted by Crippen LogP contribution is -2.45. The SMILES string of the molecule is C/C(=C\C1(Oc2ccccc2)CCNCC1)c1ccc(N(C)C)cc1.CC(C)CCC=O. The zero-order chi connectivity index (χ0) is 23.4. The van der Waals surface area contributed by atoms with Crippen LogP contribution in [0.25, 0.3) is 5.57 Å². The topological polar surface area (TPSA) is 41.6 Å². The van der Waals surface area contributed by atoms with Crippen molar-refractivity contribution in [3.8, 4) is 5.75 Å². The molecule has 174 valence electrons. The molecule has 0 saturated carbocycles. The molecule has 0 radical (unpaired) electrons. The number of carbonyl (C=O) groups is 1. The summed E-state index contributed by atoms with van der Waals surface area (Å²) in [5.41, 5.74) is 3.49. The van der Waals surface area contributed by atoms with E-state index in [4.69, 9.17) is 4.74 Å². The van der Waals surface area contributed by atoms with Crippen LogP contribution in [0.5, 0.6) is 5.75 Å². The molecule has 0 amide bonds. The van der Waals surface area contributed by atoms with E-state index in [1.54, 1.807) is 0 Å². The molecule has 0 bridgehead atoms. The second-order valence-electron chi connectivity index (χ2n) is 9.14. The summed E-state index contributed by atoms with van der Waals surface area (Å²) in [7, 11) is 4.13. The highest BCUT2D eigenvalue weighted by Gasteiger charge is 2.32. The van der Waals surface area contributed by atoms with Crippen molar-refractivity contribution in [3.63, 3.8) is 0 Å². The van der Waals surface area contributed by atoms with Gasteiger partial charge in [0.2, 0.25) is 0 Å². The van der Waals surface area contributed by atoms with Crippen LogP contribution in [-0.2, 0) is 4.79 Å². The van der Waals surface area contributed by atoms with E-state index in [9.17, 15) is 4.79 Å². The van der Waals surface area contributed by atoms with Gasteiger partial charge in [-0.1, -0.05) is 44.2 Å². The average Bonchev–Trinajstić information content (AvgIpc) is 2.79. The molecule has 1 N–H and O–H groups in total. The maximum atomic E-state index is 9.71. The first-order valence-corrected chi connectivity index (χ1v) is 11.7. The molecule has 2 aromatic carbocycles. The number of nitrogens with one attached hydrogen (secondary N) is 1. The molecule has 2 aromatic rings. The number of carbonyl (C=O) groups excluding carboxylic acids is 1. The summed E-state index contributed by atoms with van der Waals surface area (Å²) in [4.78, 5) is 11.8. The van der Waals surface area contributed by atoms with E-state index in [-0.39, 0.29) is 5.60 Å². The van der Waals surface area contributed by atoms with Crippen molar-refractivity contribution in [1.82, 2.24) is 5.32 Å². The minimum atomic E-state index is -0.239. The van der Waals surface area contributed by atoms with E-state index in [1.807, 2.05) is 30.3 Å². The van der Waals surface area contributed by atoms with Gasteiger partial charge in [0.25, 0.3) is 0 Å². The summed E-state index contributed by atoms with van der Waals surface area (Å²) in [5, 5.41) is 3.44. The summed E-state index contributed by atoms with van der Waals surface area (Å²) < 4.78 is 6.47. The van der Waals surface area contributed by atoms with Crippen molar-refractivity contribution in [1.29, 1.82) is 0 Å². The fourth-order valence-corrected chi connectivity index (χ4v) is 3.75. The van der Waals surface area contributed by atoms with Crippen molar-refractivity contribution >= 4 is 17.5 Å². The lowest BCUT2D eigenvalue weighted by molar-refractivity contribution is -0.108. The molecular weight excluding hydrogens is 396 g/mol. The number of hydrogen-bond acceptors (Lipinski definition) is 4. The lowest BCUT2D eigenvalue weighted by Gasteiger charge is -2.36. The van der Waals surface area contributed by atoms with Gasteiger partial charge >= 0.3 is 0 Å². The Morgan fingerprint density at radius 1 is 1.06 bits per heavy atom. The van der Waals surface area contributed by atoms with Crippen LogP contribution in [0.2, 0.25) is 0 Å². The summed E-state index contributed by atoms with van der Waals surface area (Å²) in [6.07, 6.45) is 7.01. The number of allylic oxidation sites excluding steroid dienone is 1. The van der Waals surface area contributed by atoms with E-state index in [0.717, 1.165) is 50.8 Å². The zero-order valence-corrected chi connectivity index (χ0v) is 20.4. The Morgan fingerprint density at radius 2 is 1.69 bits per heavy atom. The quantitative estimate of drug-likeness (QED) is 0.517. The predicted octanol–water partition coefficient (Wildman–Crippen LogP) is 5.98. The second-order valence-corrected chi connectivity index (χ2v) is 9.14. The molecule has 1 heterocycles. The number of benzene rings is 2. The molecule has 0 aliphatic carbocycles. The molecule has 1 saturated heterocycles. The van der Waals surface area contributed by atoms with Gasteiger partial charge < -0.3 is 19.7 Å². The fraction of sp³-hybridized carbons (Fsp3) is 0.464. The number of hydrogen-bond donors (Lipinski definition) is 1. The summed E-state index contributed by atoms with van der Waals surface area (Å²) in [6.45, 7) is 8.38. The minimum absolute atomic E-state index is 0.239. The van der Waals surface area contributed by atoms with Crippen LogP contribution >= 0.6 is 0 Å². The Hall–Kier alpha value is -2.59. The van der Waals surface area contributed by atoms with Gasteiger partial charge in [-0.25, -0.2) is 0 Å². The maximum absolute atomic E-state index is 9.71. The third-order valence-corrected chi connectivity index (χ3v) is 5.69. The van der Waals surface area contributed by atoms with Crippen molar-refractivity contribution in [2.75, 3.05) is 32.1 Å². The van der Waals surface area contributed by atoms with E-state index in [0.29, 0.717) is 5.92 Å². The summed E-state index contributed by atoms with van der Waals surface area (Å²) in [6, 6.07) is 18.9. The lowest BCUT2D eigenvalue weighted by atomic mass is 9.88. The Morgan fingerprint density at radius 3 is 2.19 bits per heavy atom. The second kappa shape index (κ2) is 13.1. The molecule has 32 heavy (non-hydrogen) atoms. The number of nitrogens with zero attached hydrogens (tertiary/aromatic N) is 1. The fourth-order valence-electron chi connectivity index (χ4n) is 3.75. The summed E-state index contributed by atoms with van der Waals surface area (Å²) >= 11 is 0. The molecular formula is C28H40N2O2. The van der Waals surface area contributed by atoms with Gasteiger partial charge in [-0.2, -0.15) is 0 Å². The van der Waals surface area contributed by atoms with E-state index >= 15 is 0 Å². The van der Waals surface area contributed by atoms with Gasteiger partial charge in [0.15, 0.2) is 0 Å². The first-order valence-electron chi connectivity index (χ1n) is 11.7. The third kappa shape index (κ3) is 8.51. The number of rotatable bonds is 8. The molecule has 3 rings (SSSR count). The van der Waals surface area contributed by atoms with Crippen molar-refractivity contribution < 1.29 is 9.53 Å². The van der Waals surface area contributed by atoms with Crippen molar-refractivity contribution in [3.05, 3.63) is 66.2 Å². The number of aldehydes is 1. The highest BCUT2D eigenvalue weighted by molar-refractivity contribution is 5.67. The highest BCUT2D eigenvalue weighted by Crippen LogP contribution is 2.31. The molecule has 0 aromatic heterocycles. The molecule has 1 fully saturated rings. The monoisotopic (exact) mass is 436 g/mol. The average molecular weight is 437 g/mol. The van der Waals surface area contributed by atoms with Crippen LogP contribution in [0.1, 0.15) is 52.0 Å². The zero-order valence-electron chi connectivity index (χ0n) is 20.4. The number of para-hydroxylation sites is 1. The molecule has 4 heteroatoms. The van der Waals surface area contributed by atoms with Crippen molar-refractivity contribution in [2.45, 2.75) is 52.1 Å². The van der Waals surface area contributed by atoms with E-state index in [1.165, 1.54) is 16.8 Å². The molecule has 0 spiro atoms. The van der Waals surface area contributed by atoms with Crippen LogP contribution in [0.15, 0.2) is 60.7 Å². The molecule has 4 nitrogen and oxygen atoms in total. The first kappa shape index (κ1) is 25.7. The summed E-state index contributed by atoms with van der Waals surface area (Å²) in [5.74, 6) is 1.61. The van der Waals surface area contributed by atoms with Crippen molar-refractivity contribution in [2.24, 2.45) is 5.92 Å². The van der Waals surface area contributed by atoms with Gasteiger partial charge in [-0.05, 0) is 73.8 Å². The highest BCUT2D eigenvalue weighted by atomic mass is 16.5. The Bertz CT molecular complexity index is 820. The molecule has 0 unspecified atom stereocenters. The number of anilines is 1. The standard InChI is InChI=1S/C22H28N2O.C6H12O/c1-18(19-9-11-20(12-10-19)24(2)3)17-22(13-15-23-16-14-22)25-21-7-5-4-6-8-21;1-6(2)4-3-5-7/h4-12,17,23H,13-16H2,1-3H3;5-6H,3-4H2,1-2H3/b18-17+;. The molecule has 0 atom stereocenters. The van der Waals surface area contributed by atoms with Gasteiger partial charge in [-0.15, -0.1) is 0 Å². The van der Waals surface area contributed by atoms with Gasteiger partial charge in [0.05, 0.1) is 0 Å². The third-order valence-electron chi connectivity index (χ3n) is 5.69. The van der Waals surface area contributed by atoms with Crippen LogP contribution < -0.4 is 15.0 Å². The molecule has 1 aliphatic heterocycles. The number of piperidine rings is 1. The minimum Gasteiger partial charge on any atom is -0.483 e. The van der Waals surface area contributed by atoms with Crippen LogP contribution in [0.3, 0.4) is 0 Å². The van der Waals surface area contributed by atoms with Gasteiger partial charge in [-0.3, -0.25) is 0 Å². The maximum Gasteiger partial charge on any atom is 0.130 e. The normalized spacial score (nSPS) is 15.5. The Balaban J connectivity index is 0.000000451. The largest absolute Gasteiger partial charge is 0.483 e.